The quantitative estimate of drug-likeness (QED) is 0.651. The molecule has 0 N–H and O–H groups in total. The lowest BCUT2D eigenvalue weighted by molar-refractivity contribution is -0.127. The largest absolute Gasteiger partial charge is 0.493 e. The Hall–Kier alpha value is -3.33. The van der Waals surface area contributed by atoms with Gasteiger partial charge in [-0.25, -0.2) is 4.39 Å². The molecule has 0 unspecified atom stereocenters. The number of amides is 1. The van der Waals surface area contributed by atoms with Gasteiger partial charge < -0.3 is 14.4 Å². The van der Waals surface area contributed by atoms with Crippen molar-refractivity contribution in [3.05, 3.63) is 65.5 Å². The fraction of sp³-hybridized carbons (Fsp3) is 0.273. The van der Waals surface area contributed by atoms with Crippen LogP contribution in [0, 0.1) is 17.1 Å². The molecule has 6 heteroatoms. The zero-order valence-electron chi connectivity index (χ0n) is 15.6. The van der Waals surface area contributed by atoms with Crippen molar-refractivity contribution in [1.82, 2.24) is 4.90 Å². The summed E-state index contributed by atoms with van der Waals surface area (Å²) in [6.45, 7) is 0.391. The molecular formula is C22H21FN2O3. The molecule has 1 aliphatic carbocycles. The van der Waals surface area contributed by atoms with Crippen molar-refractivity contribution in [3.63, 3.8) is 0 Å². The van der Waals surface area contributed by atoms with Gasteiger partial charge in [0.2, 0.25) is 5.91 Å². The minimum Gasteiger partial charge on any atom is -0.493 e. The molecule has 1 saturated carbocycles. The fourth-order valence-electron chi connectivity index (χ4n) is 2.84. The molecule has 0 atom stereocenters. The van der Waals surface area contributed by atoms with Crippen LogP contribution in [0.1, 0.15) is 24.0 Å². The summed E-state index contributed by atoms with van der Waals surface area (Å²) < 4.78 is 23.7. The highest BCUT2D eigenvalue weighted by atomic mass is 19.1. The summed E-state index contributed by atoms with van der Waals surface area (Å²) in [5.74, 6) is 0.596. The molecule has 0 bridgehead atoms. The van der Waals surface area contributed by atoms with Gasteiger partial charge in [0.15, 0.2) is 18.1 Å². The number of rotatable bonds is 8. The van der Waals surface area contributed by atoms with Crippen molar-refractivity contribution in [1.29, 1.82) is 5.26 Å². The maximum absolute atomic E-state index is 13.1. The summed E-state index contributed by atoms with van der Waals surface area (Å²) in [6.07, 6.45) is 5.23. The lowest BCUT2D eigenvalue weighted by Gasteiger charge is -2.21. The molecule has 1 amide bonds. The number of hydrogen-bond donors (Lipinski definition) is 0. The number of benzene rings is 2. The van der Waals surface area contributed by atoms with Crippen LogP contribution < -0.4 is 9.47 Å². The number of hydrogen-bond acceptors (Lipinski definition) is 4. The third-order valence-electron chi connectivity index (χ3n) is 4.44. The van der Waals surface area contributed by atoms with Crippen LogP contribution in [0.5, 0.6) is 11.5 Å². The van der Waals surface area contributed by atoms with E-state index in [9.17, 15) is 9.18 Å². The highest BCUT2D eigenvalue weighted by molar-refractivity contribution is 5.92. The fourth-order valence-corrected chi connectivity index (χ4v) is 2.84. The zero-order chi connectivity index (χ0) is 19.9. The van der Waals surface area contributed by atoms with E-state index in [1.54, 1.807) is 36.4 Å². The number of carbonyl (C=O) groups excluding carboxylic acids is 1. The summed E-state index contributed by atoms with van der Waals surface area (Å²) >= 11 is 0. The summed E-state index contributed by atoms with van der Waals surface area (Å²) in [5, 5.41) is 8.62. The minimum atomic E-state index is -0.288. The third-order valence-corrected chi connectivity index (χ3v) is 4.44. The molecule has 28 heavy (non-hydrogen) atoms. The Balaban J connectivity index is 1.70. The van der Waals surface area contributed by atoms with E-state index in [1.165, 1.54) is 25.3 Å². The molecule has 0 radical (unpaired) electrons. The number of halogens is 1. The van der Waals surface area contributed by atoms with E-state index < -0.39 is 0 Å². The molecule has 0 aromatic heterocycles. The van der Waals surface area contributed by atoms with Gasteiger partial charge in [-0.3, -0.25) is 4.79 Å². The number of nitrogens with zero attached hydrogens (tertiary/aromatic N) is 2. The van der Waals surface area contributed by atoms with E-state index in [-0.39, 0.29) is 24.4 Å². The third kappa shape index (κ3) is 5.10. The van der Waals surface area contributed by atoms with E-state index in [1.807, 2.05) is 11.0 Å². The number of carbonyl (C=O) groups is 1. The first-order chi connectivity index (χ1) is 13.6. The number of ether oxygens (including phenoxy) is 2. The first kappa shape index (κ1) is 19.4. The van der Waals surface area contributed by atoms with Crippen LogP contribution in [-0.4, -0.2) is 30.6 Å². The Morgan fingerprint density at radius 1 is 1.25 bits per heavy atom. The Morgan fingerprint density at radius 2 is 2.00 bits per heavy atom. The standard InChI is InChI=1S/C22H21FN2O3/c1-27-21-14-16(4-10-20(21)28-13-12-24)5-11-22(26)25(19-8-9-19)15-17-2-6-18(23)7-3-17/h2-7,10-11,14,19H,8-9,13,15H2,1H3/b11-5+. The second-order valence-corrected chi connectivity index (χ2v) is 6.51. The van der Waals surface area contributed by atoms with Crippen molar-refractivity contribution in [2.75, 3.05) is 13.7 Å². The molecule has 3 rings (SSSR count). The molecule has 144 valence electrons. The molecule has 5 nitrogen and oxygen atoms in total. The summed E-state index contributed by atoms with van der Waals surface area (Å²) in [7, 11) is 1.52. The van der Waals surface area contributed by atoms with Crippen LogP contribution >= 0.6 is 0 Å². The predicted octanol–water partition coefficient (Wildman–Crippen LogP) is 3.94. The number of methoxy groups -OCH3 is 1. The molecule has 2 aromatic rings. The second kappa shape index (κ2) is 9.05. The van der Waals surface area contributed by atoms with Gasteiger partial charge in [0, 0.05) is 18.7 Å². The highest BCUT2D eigenvalue weighted by Crippen LogP contribution is 2.30. The van der Waals surface area contributed by atoms with Gasteiger partial charge in [-0.1, -0.05) is 18.2 Å². The van der Waals surface area contributed by atoms with Crippen LogP contribution in [0.3, 0.4) is 0 Å². The first-order valence-electron chi connectivity index (χ1n) is 9.01. The van der Waals surface area contributed by atoms with Gasteiger partial charge >= 0.3 is 0 Å². The average molecular weight is 380 g/mol. The average Bonchev–Trinajstić information content (AvgIpc) is 3.55. The Kier molecular flexibility index (Phi) is 6.28. The van der Waals surface area contributed by atoms with Gasteiger partial charge in [-0.05, 0) is 54.3 Å². The molecule has 1 fully saturated rings. The predicted molar refractivity (Wildman–Crippen MR) is 103 cm³/mol. The van der Waals surface area contributed by atoms with Crippen LogP contribution in [0.2, 0.25) is 0 Å². The molecule has 0 saturated heterocycles. The maximum Gasteiger partial charge on any atom is 0.247 e. The maximum atomic E-state index is 13.1. The van der Waals surface area contributed by atoms with Crippen molar-refractivity contribution in [2.45, 2.75) is 25.4 Å². The molecule has 0 aliphatic heterocycles. The SMILES string of the molecule is COc1cc(/C=C/C(=O)N(Cc2ccc(F)cc2)C2CC2)ccc1OCC#N. The van der Waals surface area contributed by atoms with Crippen LogP contribution in [0.4, 0.5) is 4.39 Å². The van der Waals surface area contributed by atoms with Crippen LogP contribution in [-0.2, 0) is 11.3 Å². The van der Waals surface area contributed by atoms with Crippen LogP contribution in [0.25, 0.3) is 6.08 Å². The highest BCUT2D eigenvalue weighted by Gasteiger charge is 2.31. The van der Waals surface area contributed by atoms with Gasteiger partial charge in [-0.2, -0.15) is 5.26 Å². The lowest BCUT2D eigenvalue weighted by Crippen LogP contribution is -2.31. The first-order valence-corrected chi connectivity index (χ1v) is 9.01. The normalized spacial score (nSPS) is 13.2. The van der Waals surface area contributed by atoms with E-state index in [0.717, 1.165) is 24.0 Å². The van der Waals surface area contributed by atoms with Crippen molar-refractivity contribution in [2.24, 2.45) is 0 Å². The van der Waals surface area contributed by atoms with Crippen molar-refractivity contribution < 1.29 is 18.7 Å². The smallest absolute Gasteiger partial charge is 0.247 e. The monoisotopic (exact) mass is 380 g/mol. The Morgan fingerprint density at radius 3 is 2.64 bits per heavy atom. The summed E-state index contributed by atoms with van der Waals surface area (Å²) in [6, 6.07) is 13.6. The van der Waals surface area contributed by atoms with Gasteiger partial charge in [0.05, 0.1) is 7.11 Å². The lowest BCUT2D eigenvalue weighted by atomic mass is 10.1. The van der Waals surface area contributed by atoms with Crippen molar-refractivity contribution in [3.8, 4) is 17.6 Å². The van der Waals surface area contributed by atoms with Crippen LogP contribution in [0.15, 0.2) is 48.5 Å². The zero-order valence-corrected chi connectivity index (χ0v) is 15.6. The Labute approximate surface area is 163 Å². The number of nitriles is 1. The summed E-state index contributed by atoms with van der Waals surface area (Å²) in [5.41, 5.74) is 1.68. The minimum absolute atomic E-state index is 0.0657. The van der Waals surface area contributed by atoms with Gasteiger partial charge in [-0.15, -0.1) is 0 Å². The topological polar surface area (TPSA) is 62.6 Å². The molecule has 0 spiro atoms. The van der Waals surface area contributed by atoms with Crippen molar-refractivity contribution >= 4 is 12.0 Å². The summed E-state index contributed by atoms with van der Waals surface area (Å²) in [4.78, 5) is 14.5. The van der Waals surface area contributed by atoms with E-state index in [0.29, 0.717) is 18.0 Å². The van der Waals surface area contributed by atoms with E-state index in [4.69, 9.17) is 14.7 Å². The molecular weight excluding hydrogens is 359 g/mol. The molecule has 1 aliphatic rings. The van der Waals surface area contributed by atoms with E-state index in [2.05, 4.69) is 0 Å². The van der Waals surface area contributed by atoms with Gasteiger partial charge in [0.25, 0.3) is 0 Å². The van der Waals surface area contributed by atoms with Gasteiger partial charge in [0.1, 0.15) is 11.9 Å². The molecule has 2 aromatic carbocycles. The second-order valence-electron chi connectivity index (χ2n) is 6.51. The molecule has 0 heterocycles. The Bertz CT molecular complexity index is 899. The van der Waals surface area contributed by atoms with E-state index >= 15 is 0 Å².